The monoisotopic (exact) mass is 196 g/mol. The molecule has 2 heterocycles. The fourth-order valence-corrected chi connectivity index (χ4v) is 2.59. The second kappa shape index (κ2) is 4.09. The molecule has 2 rings (SSSR count). The Morgan fingerprint density at radius 3 is 2.77 bits per heavy atom. The minimum Gasteiger partial charge on any atom is -0.348 e. The zero-order valence-corrected chi connectivity index (χ0v) is 8.94. The lowest BCUT2D eigenvalue weighted by molar-refractivity contribution is 0.577. The second-order valence-corrected chi connectivity index (χ2v) is 4.60. The summed E-state index contributed by atoms with van der Waals surface area (Å²) in [5.74, 6) is 0. The maximum atomic E-state index is 4.46. The molecule has 0 aliphatic carbocycles. The van der Waals surface area contributed by atoms with Crippen LogP contribution in [0.5, 0.6) is 0 Å². The third-order valence-electron chi connectivity index (χ3n) is 2.52. The van der Waals surface area contributed by atoms with Gasteiger partial charge in [-0.05, 0) is 25.7 Å². The number of rotatable bonds is 2. The van der Waals surface area contributed by atoms with E-state index < -0.39 is 0 Å². The lowest BCUT2D eigenvalue weighted by atomic mass is 10.1. The van der Waals surface area contributed by atoms with Crippen molar-refractivity contribution < 1.29 is 0 Å². The van der Waals surface area contributed by atoms with Crippen molar-refractivity contribution in [2.45, 2.75) is 32.6 Å². The highest BCUT2D eigenvalue weighted by Gasteiger charge is 2.13. The van der Waals surface area contributed by atoms with Gasteiger partial charge in [-0.25, -0.2) is 4.98 Å². The molecule has 1 aromatic rings. The standard InChI is InChI=1S/C10H16N2S/c1-2-9-8-11-10(13-9)12-6-4-3-5-7-12/h8H,2-7H2,1H3. The molecule has 0 N–H and O–H groups in total. The van der Waals surface area contributed by atoms with Gasteiger partial charge in [-0.3, -0.25) is 0 Å². The molecule has 0 unspecified atom stereocenters. The Kier molecular flexibility index (Phi) is 2.83. The Labute approximate surface area is 83.6 Å². The quantitative estimate of drug-likeness (QED) is 0.723. The van der Waals surface area contributed by atoms with E-state index in [1.54, 1.807) is 0 Å². The third kappa shape index (κ3) is 2.02. The third-order valence-corrected chi connectivity index (χ3v) is 3.72. The lowest BCUT2D eigenvalue weighted by Gasteiger charge is -2.25. The minimum atomic E-state index is 1.12. The molecule has 0 atom stereocenters. The topological polar surface area (TPSA) is 16.1 Å². The van der Waals surface area contributed by atoms with Crippen molar-refractivity contribution >= 4 is 16.5 Å². The van der Waals surface area contributed by atoms with Crippen molar-refractivity contribution in [1.82, 2.24) is 4.98 Å². The Morgan fingerprint density at radius 2 is 2.15 bits per heavy atom. The van der Waals surface area contributed by atoms with Crippen LogP contribution in [0.4, 0.5) is 5.13 Å². The Bertz CT molecular complexity index is 264. The van der Waals surface area contributed by atoms with E-state index in [0.29, 0.717) is 0 Å². The van der Waals surface area contributed by atoms with Crippen molar-refractivity contribution in [3.63, 3.8) is 0 Å². The molecule has 72 valence electrons. The smallest absolute Gasteiger partial charge is 0.185 e. The first-order valence-electron chi connectivity index (χ1n) is 5.10. The number of hydrogen-bond donors (Lipinski definition) is 0. The van der Waals surface area contributed by atoms with E-state index in [-0.39, 0.29) is 0 Å². The number of aryl methyl sites for hydroxylation is 1. The van der Waals surface area contributed by atoms with Crippen molar-refractivity contribution in [3.05, 3.63) is 11.1 Å². The summed E-state index contributed by atoms with van der Waals surface area (Å²) in [4.78, 5) is 8.28. The summed E-state index contributed by atoms with van der Waals surface area (Å²) in [6, 6.07) is 0. The van der Waals surface area contributed by atoms with Crippen LogP contribution in [0.15, 0.2) is 6.20 Å². The molecule has 0 radical (unpaired) electrons. The van der Waals surface area contributed by atoms with Gasteiger partial charge in [0.25, 0.3) is 0 Å². The van der Waals surface area contributed by atoms with Gasteiger partial charge in [0.15, 0.2) is 5.13 Å². The molecular weight excluding hydrogens is 180 g/mol. The molecule has 3 heteroatoms. The van der Waals surface area contributed by atoms with E-state index in [1.165, 1.54) is 42.4 Å². The molecular formula is C10H16N2S. The van der Waals surface area contributed by atoms with Gasteiger partial charge in [0.2, 0.25) is 0 Å². The molecule has 0 bridgehead atoms. The van der Waals surface area contributed by atoms with Crippen LogP contribution in [0.3, 0.4) is 0 Å². The molecule has 0 aromatic carbocycles. The van der Waals surface area contributed by atoms with Gasteiger partial charge in [0.05, 0.1) is 0 Å². The summed E-state index contributed by atoms with van der Waals surface area (Å²) in [5, 5.41) is 1.23. The number of thiazole rings is 1. The molecule has 0 amide bonds. The molecule has 1 aromatic heterocycles. The summed E-state index contributed by atoms with van der Waals surface area (Å²) < 4.78 is 0. The van der Waals surface area contributed by atoms with E-state index in [2.05, 4.69) is 16.8 Å². The predicted octanol–water partition coefficient (Wildman–Crippen LogP) is 2.70. The average Bonchev–Trinajstić information content (AvgIpc) is 2.67. The summed E-state index contributed by atoms with van der Waals surface area (Å²) in [6.45, 7) is 4.60. The first kappa shape index (κ1) is 9.00. The zero-order valence-electron chi connectivity index (χ0n) is 8.12. The van der Waals surface area contributed by atoms with E-state index in [9.17, 15) is 0 Å². The van der Waals surface area contributed by atoms with Crippen LogP contribution in [-0.2, 0) is 6.42 Å². The van der Waals surface area contributed by atoms with Crippen LogP contribution in [0.2, 0.25) is 0 Å². The first-order chi connectivity index (χ1) is 6.40. The molecule has 1 aliphatic heterocycles. The van der Waals surface area contributed by atoms with Crippen molar-refractivity contribution in [1.29, 1.82) is 0 Å². The van der Waals surface area contributed by atoms with E-state index in [1.807, 2.05) is 17.5 Å². The fraction of sp³-hybridized carbons (Fsp3) is 0.700. The van der Waals surface area contributed by atoms with Crippen LogP contribution in [0, 0.1) is 0 Å². The van der Waals surface area contributed by atoms with Crippen LogP contribution in [0.1, 0.15) is 31.1 Å². The van der Waals surface area contributed by atoms with E-state index in [4.69, 9.17) is 0 Å². The van der Waals surface area contributed by atoms with Gasteiger partial charge in [-0.15, -0.1) is 11.3 Å². The normalized spacial score (nSPS) is 17.8. The molecule has 1 fully saturated rings. The zero-order chi connectivity index (χ0) is 9.10. The van der Waals surface area contributed by atoms with Gasteiger partial charge >= 0.3 is 0 Å². The number of anilines is 1. The number of nitrogens with zero attached hydrogens (tertiary/aromatic N) is 2. The van der Waals surface area contributed by atoms with Gasteiger partial charge in [0.1, 0.15) is 0 Å². The number of hydrogen-bond acceptors (Lipinski definition) is 3. The Morgan fingerprint density at radius 1 is 1.38 bits per heavy atom. The molecule has 2 nitrogen and oxygen atoms in total. The summed E-state index contributed by atoms with van der Waals surface area (Å²) >= 11 is 1.85. The van der Waals surface area contributed by atoms with Gasteiger partial charge < -0.3 is 4.90 Å². The van der Waals surface area contributed by atoms with Crippen molar-refractivity contribution in [3.8, 4) is 0 Å². The predicted molar refractivity (Wildman–Crippen MR) is 57.6 cm³/mol. The summed E-state index contributed by atoms with van der Waals surface area (Å²) in [5.41, 5.74) is 0. The molecule has 0 saturated carbocycles. The highest BCUT2D eigenvalue weighted by molar-refractivity contribution is 7.15. The molecule has 1 saturated heterocycles. The van der Waals surface area contributed by atoms with Gasteiger partial charge in [-0.1, -0.05) is 6.92 Å². The Balaban J connectivity index is 2.05. The van der Waals surface area contributed by atoms with Crippen molar-refractivity contribution in [2.75, 3.05) is 18.0 Å². The van der Waals surface area contributed by atoms with E-state index in [0.717, 1.165) is 6.42 Å². The highest BCUT2D eigenvalue weighted by Crippen LogP contribution is 2.25. The van der Waals surface area contributed by atoms with Gasteiger partial charge in [0, 0.05) is 24.2 Å². The van der Waals surface area contributed by atoms with Crippen LogP contribution >= 0.6 is 11.3 Å². The maximum absolute atomic E-state index is 4.46. The van der Waals surface area contributed by atoms with Gasteiger partial charge in [-0.2, -0.15) is 0 Å². The average molecular weight is 196 g/mol. The number of aromatic nitrogens is 1. The molecule has 13 heavy (non-hydrogen) atoms. The molecule has 0 spiro atoms. The first-order valence-corrected chi connectivity index (χ1v) is 5.91. The maximum Gasteiger partial charge on any atom is 0.185 e. The number of piperidine rings is 1. The minimum absolute atomic E-state index is 1.12. The second-order valence-electron chi connectivity index (χ2n) is 3.51. The lowest BCUT2D eigenvalue weighted by Crippen LogP contribution is -2.29. The summed E-state index contributed by atoms with van der Waals surface area (Å²) in [7, 11) is 0. The molecule has 1 aliphatic rings. The van der Waals surface area contributed by atoms with Crippen molar-refractivity contribution in [2.24, 2.45) is 0 Å². The van der Waals surface area contributed by atoms with Crippen LogP contribution in [-0.4, -0.2) is 18.1 Å². The Hall–Kier alpha value is -0.570. The van der Waals surface area contributed by atoms with E-state index >= 15 is 0 Å². The van der Waals surface area contributed by atoms with Crippen LogP contribution in [0.25, 0.3) is 0 Å². The summed E-state index contributed by atoms with van der Waals surface area (Å²) in [6.07, 6.45) is 7.20. The largest absolute Gasteiger partial charge is 0.348 e. The SMILES string of the molecule is CCc1cnc(N2CCCCC2)s1. The fourth-order valence-electron chi connectivity index (χ4n) is 1.69. The van der Waals surface area contributed by atoms with Crippen LogP contribution < -0.4 is 4.90 Å². The highest BCUT2D eigenvalue weighted by atomic mass is 32.1.